The number of nitrogens with one attached hydrogen (secondary N) is 1. The summed E-state index contributed by atoms with van der Waals surface area (Å²) in [7, 11) is 1.57. The summed E-state index contributed by atoms with van der Waals surface area (Å²) in [6.07, 6.45) is 10.9. The number of hydrogen-bond acceptors (Lipinski definition) is 3. The number of piperidine rings is 1. The van der Waals surface area contributed by atoms with Crippen molar-refractivity contribution >= 4 is 17.5 Å². The van der Waals surface area contributed by atoms with Crippen molar-refractivity contribution in [3.63, 3.8) is 0 Å². The van der Waals surface area contributed by atoms with Crippen molar-refractivity contribution in [3.8, 4) is 5.75 Å². The molecule has 34 heavy (non-hydrogen) atoms. The Morgan fingerprint density at radius 2 is 1.76 bits per heavy atom. The summed E-state index contributed by atoms with van der Waals surface area (Å²) in [4.78, 5) is 28.0. The highest BCUT2D eigenvalue weighted by Gasteiger charge is 2.33. The number of fused-ring (bicyclic) bond motifs is 1. The second-order valence-electron chi connectivity index (χ2n) is 9.87. The van der Waals surface area contributed by atoms with E-state index < -0.39 is 0 Å². The van der Waals surface area contributed by atoms with Crippen molar-refractivity contribution < 1.29 is 14.3 Å². The first kappa shape index (κ1) is 24.3. The zero-order valence-electron chi connectivity index (χ0n) is 20.6. The molecule has 5 heteroatoms. The van der Waals surface area contributed by atoms with Gasteiger partial charge in [-0.05, 0) is 67.3 Å². The Bertz CT molecular complexity index is 985. The van der Waals surface area contributed by atoms with Crippen LogP contribution < -0.4 is 10.1 Å². The average molecular weight is 463 g/mol. The first-order chi connectivity index (χ1) is 16.6. The minimum Gasteiger partial charge on any atom is -0.496 e. The summed E-state index contributed by atoms with van der Waals surface area (Å²) in [6.45, 7) is 3.86. The Kier molecular flexibility index (Phi) is 8.25. The Balaban J connectivity index is 1.39. The lowest BCUT2D eigenvalue weighted by atomic mass is 9.75. The molecule has 0 bridgehead atoms. The molecule has 2 fully saturated rings. The van der Waals surface area contributed by atoms with Crippen molar-refractivity contribution in [2.45, 2.75) is 64.7 Å². The quantitative estimate of drug-likeness (QED) is 0.466. The number of ether oxygens (including phenoxy) is 1. The molecule has 2 unspecified atom stereocenters. The van der Waals surface area contributed by atoms with E-state index in [-0.39, 0.29) is 11.8 Å². The van der Waals surface area contributed by atoms with E-state index in [0.29, 0.717) is 28.5 Å². The number of likely N-dealkylation sites (tertiary alicyclic amines) is 1. The van der Waals surface area contributed by atoms with Gasteiger partial charge in [-0.3, -0.25) is 9.59 Å². The number of anilines is 1. The lowest BCUT2D eigenvalue weighted by Gasteiger charge is -2.41. The molecule has 1 saturated heterocycles. The Labute approximate surface area is 203 Å². The van der Waals surface area contributed by atoms with Gasteiger partial charge in [0.2, 0.25) is 0 Å². The van der Waals surface area contributed by atoms with Gasteiger partial charge < -0.3 is 15.0 Å². The van der Waals surface area contributed by atoms with Crippen LogP contribution in [0.2, 0.25) is 0 Å². The van der Waals surface area contributed by atoms with Crippen LogP contribution in [0.5, 0.6) is 5.75 Å². The van der Waals surface area contributed by atoms with E-state index in [0.717, 1.165) is 31.8 Å². The summed E-state index contributed by atoms with van der Waals surface area (Å²) in [6, 6.07) is 13.1. The second-order valence-corrected chi connectivity index (χ2v) is 9.87. The van der Waals surface area contributed by atoms with E-state index in [9.17, 15) is 9.59 Å². The fourth-order valence-electron chi connectivity index (χ4n) is 5.51. The molecule has 5 nitrogen and oxygen atoms in total. The van der Waals surface area contributed by atoms with Crippen LogP contribution in [-0.2, 0) is 6.42 Å². The van der Waals surface area contributed by atoms with Gasteiger partial charge in [0.15, 0.2) is 0 Å². The van der Waals surface area contributed by atoms with Crippen LogP contribution in [-0.4, -0.2) is 36.9 Å². The number of benzene rings is 2. The molecule has 0 aromatic heterocycles. The van der Waals surface area contributed by atoms with Crippen molar-refractivity contribution in [1.29, 1.82) is 0 Å². The first-order valence-corrected chi connectivity index (χ1v) is 13.0. The molecule has 2 aromatic rings. The van der Waals surface area contributed by atoms with Crippen LogP contribution in [0, 0.1) is 11.8 Å². The average Bonchev–Trinajstić information content (AvgIpc) is 2.88. The summed E-state index contributed by atoms with van der Waals surface area (Å²) in [5.41, 5.74) is 3.06. The maximum atomic E-state index is 13.3. The summed E-state index contributed by atoms with van der Waals surface area (Å²) in [5.74, 6) is 1.77. The minimum atomic E-state index is -0.166. The Morgan fingerprint density at radius 1 is 1.00 bits per heavy atom. The van der Waals surface area contributed by atoms with E-state index >= 15 is 0 Å². The third kappa shape index (κ3) is 5.81. The maximum Gasteiger partial charge on any atom is 0.257 e. The third-order valence-corrected chi connectivity index (χ3v) is 7.55. The first-order valence-electron chi connectivity index (χ1n) is 13.0. The highest BCUT2D eigenvalue weighted by atomic mass is 16.5. The standard InChI is InChI=1S/C29H38N2O3/c1-3-4-5-8-21-11-13-23(14-12-21)28(32)30-25-15-16-26(27(19-25)34-2)29(33)31-18-17-22-9-6-7-10-24(22)20-31/h11-16,19,22,24H,3-10,17-18,20H2,1-2H3,(H,30,32). The topological polar surface area (TPSA) is 58.6 Å². The largest absolute Gasteiger partial charge is 0.496 e. The minimum absolute atomic E-state index is 0.0254. The lowest BCUT2D eigenvalue weighted by molar-refractivity contribution is 0.0518. The fourth-order valence-corrected chi connectivity index (χ4v) is 5.51. The fraction of sp³-hybridized carbons (Fsp3) is 0.517. The van der Waals surface area contributed by atoms with Crippen LogP contribution in [0.3, 0.4) is 0 Å². The van der Waals surface area contributed by atoms with Gasteiger partial charge >= 0.3 is 0 Å². The van der Waals surface area contributed by atoms with Gasteiger partial charge in [0, 0.05) is 30.4 Å². The van der Waals surface area contributed by atoms with Gasteiger partial charge in [-0.2, -0.15) is 0 Å². The van der Waals surface area contributed by atoms with Gasteiger partial charge in [0.05, 0.1) is 12.7 Å². The van der Waals surface area contributed by atoms with E-state index in [1.54, 1.807) is 25.3 Å². The van der Waals surface area contributed by atoms with Crippen LogP contribution in [0.1, 0.15) is 84.6 Å². The van der Waals surface area contributed by atoms with E-state index in [1.165, 1.54) is 50.5 Å². The van der Waals surface area contributed by atoms with Gasteiger partial charge in [0.1, 0.15) is 5.75 Å². The van der Waals surface area contributed by atoms with Crippen LogP contribution in [0.25, 0.3) is 0 Å². The van der Waals surface area contributed by atoms with Gasteiger partial charge in [-0.25, -0.2) is 0 Å². The third-order valence-electron chi connectivity index (χ3n) is 7.55. The zero-order chi connectivity index (χ0) is 23.9. The molecule has 1 heterocycles. The van der Waals surface area contributed by atoms with Crippen LogP contribution >= 0.6 is 0 Å². The number of nitrogens with zero attached hydrogens (tertiary/aromatic N) is 1. The number of hydrogen-bond donors (Lipinski definition) is 1. The number of carbonyl (C=O) groups is 2. The van der Waals surface area contributed by atoms with E-state index in [2.05, 4.69) is 12.2 Å². The van der Waals surface area contributed by atoms with Crippen molar-refractivity contribution in [2.75, 3.05) is 25.5 Å². The molecule has 0 radical (unpaired) electrons. The molecule has 2 atom stereocenters. The molecule has 1 aliphatic heterocycles. The molecule has 2 aromatic carbocycles. The van der Waals surface area contributed by atoms with Gasteiger partial charge in [-0.15, -0.1) is 0 Å². The summed E-state index contributed by atoms with van der Waals surface area (Å²) in [5, 5.41) is 2.94. The molecule has 1 saturated carbocycles. The molecule has 1 N–H and O–H groups in total. The molecular weight excluding hydrogens is 424 g/mol. The molecule has 2 amide bonds. The molecule has 0 spiro atoms. The van der Waals surface area contributed by atoms with Crippen LogP contribution in [0.4, 0.5) is 5.69 Å². The van der Waals surface area contributed by atoms with Crippen molar-refractivity contribution in [3.05, 3.63) is 59.2 Å². The SMILES string of the molecule is CCCCCc1ccc(C(=O)Nc2ccc(C(=O)N3CCC4CCCCC4C3)c(OC)c2)cc1. The molecule has 2 aliphatic rings. The summed E-state index contributed by atoms with van der Waals surface area (Å²) < 4.78 is 5.56. The number of rotatable bonds is 8. The molecule has 182 valence electrons. The maximum absolute atomic E-state index is 13.3. The number of unbranched alkanes of at least 4 members (excludes halogenated alkanes) is 2. The zero-order valence-corrected chi connectivity index (χ0v) is 20.6. The molecule has 1 aliphatic carbocycles. The summed E-state index contributed by atoms with van der Waals surface area (Å²) >= 11 is 0. The lowest BCUT2D eigenvalue weighted by Crippen LogP contribution is -2.44. The van der Waals surface area contributed by atoms with E-state index in [1.807, 2.05) is 29.2 Å². The second kappa shape index (κ2) is 11.5. The van der Waals surface area contributed by atoms with E-state index in [4.69, 9.17) is 4.74 Å². The predicted molar refractivity (Wildman–Crippen MR) is 137 cm³/mol. The highest BCUT2D eigenvalue weighted by molar-refractivity contribution is 6.05. The Hall–Kier alpha value is -2.82. The highest BCUT2D eigenvalue weighted by Crippen LogP contribution is 2.37. The van der Waals surface area contributed by atoms with Crippen molar-refractivity contribution in [2.24, 2.45) is 11.8 Å². The smallest absolute Gasteiger partial charge is 0.257 e. The molecule has 4 rings (SSSR count). The molecular formula is C29H38N2O3. The van der Waals surface area contributed by atoms with Gasteiger partial charge in [-0.1, -0.05) is 51.2 Å². The Morgan fingerprint density at radius 3 is 2.50 bits per heavy atom. The number of methoxy groups -OCH3 is 1. The number of carbonyl (C=O) groups excluding carboxylic acids is 2. The number of amides is 2. The van der Waals surface area contributed by atoms with Crippen LogP contribution in [0.15, 0.2) is 42.5 Å². The monoisotopic (exact) mass is 462 g/mol. The van der Waals surface area contributed by atoms with Gasteiger partial charge in [0.25, 0.3) is 11.8 Å². The normalized spacial score (nSPS) is 19.9. The number of aryl methyl sites for hydroxylation is 1. The predicted octanol–water partition coefficient (Wildman–Crippen LogP) is 6.33. The van der Waals surface area contributed by atoms with Crippen molar-refractivity contribution in [1.82, 2.24) is 4.90 Å².